The summed E-state index contributed by atoms with van der Waals surface area (Å²) in [6.07, 6.45) is 4.37. The van der Waals surface area contributed by atoms with Crippen molar-refractivity contribution in [3.05, 3.63) is 52.8 Å². The van der Waals surface area contributed by atoms with Crippen molar-refractivity contribution >= 4 is 16.8 Å². The molecule has 7 nitrogen and oxygen atoms in total. The van der Waals surface area contributed by atoms with Gasteiger partial charge in [-0.1, -0.05) is 18.2 Å². The lowest BCUT2D eigenvalue weighted by Crippen LogP contribution is -2.39. The van der Waals surface area contributed by atoms with E-state index in [1.54, 1.807) is 11.6 Å². The van der Waals surface area contributed by atoms with Gasteiger partial charge in [0, 0.05) is 44.8 Å². The molecule has 0 fully saturated rings. The second-order valence-electron chi connectivity index (χ2n) is 6.88. The van der Waals surface area contributed by atoms with E-state index in [-0.39, 0.29) is 17.5 Å². The Kier molecular flexibility index (Phi) is 4.36. The van der Waals surface area contributed by atoms with Gasteiger partial charge in [-0.05, 0) is 30.4 Å². The van der Waals surface area contributed by atoms with E-state index in [4.69, 9.17) is 0 Å². The first-order valence-corrected chi connectivity index (χ1v) is 9.08. The highest BCUT2D eigenvalue weighted by Crippen LogP contribution is 2.17. The van der Waals surface area contributed by atoms with Gasteiger partial charge in [0.05, 0.1) is 5.92 Å². The van der Waals surface area contributed by atoms with E-state index in [2.05, 4.69) is 39.4 Å². The van der Waals surface area contributed by atoms with Crippen molar-refractivity contribution in [3.63, 3.8) is 0 Å². The number of nitrogens with zero attached hydrogens (tertiary/aromatic N) is 4. The van der Waals surface area contributed by atoms with Gasteiger partial charge in [0.1, 0.15) is 5.82 Å². The topological polar surface area (TPSA) is 73.8 Å². The van der Waals surface area contributed by atoms with E-state index in [1.807, 2.05) is 12.1 Å². The van der Waals surface area contributed by atoms with Gasteiger partial charge < -0.3 is 9.88 Å². The molecule has 1 N–H and O–H groups in total. The Hall–Kier alpha value is -2.83. The van der Waals surface area contributed by atoms with Gasteiger partial charge in [-0.2, -0.15) is 5.10 Å². The van der Waals surface area contributed by atoms with Gasteiger partial charge in [-0.3, -0.25) is 9.36 Å². The first-order chi connectivity index (χ1) is 12.6. The molecule has 0 spiro atoms. The predicted molar refractivity (Wildman–Crippen MR) is 98.8 cm³/mol. The summed E-state index contributed by atoms with van der Waals surface area (Å²) in [4.78, 5) is 24.4. The molecule has 0 aliphatic carbocycles. The molecule has 3 heterocycles. The Morgan fingerprint density at radius 3 is 3.04 bits per heavy atom. The van der Waals surface area contributed by atoms with Crippen molar-refractivity contribution in [2.45, 2.75) is 32.4 Å². The minimum absolute atomic E-state index is 0.0313. The van der Waals surface area contributed by atoms with Crippen LogP contribution in [0.2, 0.25) is 0 Å². The van der Waals surface area contributed by atoms with Crippen LogP contribution in [0.15, 0.2) is 41.3 Å². The van der Waals surface area contributed by atoms with Gasteiger partial charge in [0.15, 0.2) is 0 Å². The minimum atomic E-state index is -0.156. The van der Waals surface area contributed by atoms with E-state index in [0.29, 0.717) is 19.5 Å². The number of rotatable bonds is 5. The average Bonchev–Trinajstić information content (AvgIpc) is 3.19. The zero-order valence-corrected chi connectivity index (χ0v) is 14.9. The first-order valence-electron chi connectivity index (χ1n) is 9.08. The van der Waals surface area contributed by atoms with Gasteiger partial charge in [0.2, 0.25) is 5.91 Å². The fraction of sp³-hybridized carbons (Fsp3) is 0.421. The lowest BCUT2D eigenvalue weighted by molar-refractivity contribution is -0.125. The van der Waals surface area contributed by atoms with Gasteiger partial charge in [-0.15, -0.1) is 0 Å². The number of para-hydroxylation sites is 1. The summed E-state index contributed by atoms with van der Waals surface area (Å²) in [5.74, 6) is 0.654. The summed E-state index contributed by atoms with van der Waals surface area (Å²) < 4.78 is 5.18. The van der Waals surface area contributed by atoms with Crippen LogP contribution in [-0.2, 0) is 31.4 Å². The second-order valence-corrected chi connectivity index (χ2v) is 6.88. The molecule has 1 unspecified atom stereocenters. The Labute approximate surface area is 151 Å². The standard InChI is InChI=1S/C19H23N5O2/c1-22-19(26)24-13-15(7-8-17(24)21-22)18(25)20-10-4-11-23-12-9-14-5-2-3-6-16(14)23/h2-3,5-6,9,12,15H,4,7-8,10-11,13H2,1H3,(H,20,25). The largest absolute Gasteiger partial charge is 0.356 e. The maximum Gasteiger partial charge on any atom is 0.345 e. The molecule has 2 aromatic heterocycles. The molecule has 26 heavy (non-hydrogen) atoms. The molecule has 0 saturated carbocycles. The van der Waals surface area contributed by atoms with Crippen LogP contribution in [0, 0.1) is 5.92 Å². The molecular formula is C19H23N5O2. The Morgan fingerprint density at radius 2 is 2.15 bits per heavy atom. The summed E-state index contributed by atoms with van der Waals surface area (Å²) in [5.41, 5.74) is 1.08. The monoisotopic (exact) mass is 353 g/mol. The number of benzene rings is 1. The van der Waals surface area contributed by atoms with Crippen molar-refractivity contribution in [1.29, 1.82) is 0 Å². The summed E-state index contributed by atoms with van der Waals surface area (Å²) in [6.45, 7) is 1.93. The normalized spacial score (nSPS) is 16.6. The Bertz CT molecular complexity index is 997. The third-order valence-electron chi connectivity index (χ3n) is 5.13. The number of aromatic nitrogens is 4. The molecule has 1 aliphatic heterocycles. The minimum Gasteiger partial charge on any atom is -0.356 e. The number of amides is 1. The Balaban J connectivity index is 1.29. The molecule has 1 aliphatic rings. The van der Waals surface area contributed by atoms with Crippen LogP contribution in [0.4, 0.5) is 0 Å². The molecule has 0 bridgehead atoms. The average molecular weight is 353 g/mol. The van der Waals surface area contributed by atoms with Crippen molar-refractivity contribution in [3.8, 4) is 0 Å². The molecule has 1 aromatic carbocycles. The predicted octanol–water partition coefficient (Wildman–Crippen LogP) is 1.31. The zero-order valence-electron chi connectivity index (χ0n) is 14.9. The smallest absolute Gasteiger partial charge is 0.345 e. The quantitative estimate of drug-likeness (QED) is 0.703. The highest BCUT2D eigenvalue weighted by molar-refractivity contribution is 5.80. The maximum atomic E-state index is 12.4. The third kappa shape index (κ3) is 3.05. The zero-order chi connectivity index (χ0) is 18.1. The maximum absolute atomic E-state index is 12.4. The molecule has 7 heteroatoms. The number of aryl methyl sites for hydroxylation is 3. The fourth-order valence-electron chi connectivity index (χ4n) is 3.69. The van der Waals surface area contributed by atoms with Crippen molar-refractivity contribution in [1.82, 2.24) is 24.2 Å². The van der Waals surface area contributed by atoms with Crippen LogP contribution in [0.5, 0.6) is 0 Å². The molecule has 1 atom stereocenters. The van der Waals surface area contributed by atoms with E-state index in [0.717, 1.165) is 25.2 Å². The molecule has 1 amide bonds. The van der Waals surface area contributed by atoms with Crippen LogP contribution in [0.25, 0.3) is 10.9 Å². The molecule has 136 valence electrons. The van der Waals surface area contributed by atoms with E-state index < -0.39 is 0 Å². The number of carbonyl (C=O) groups excluding carboxylic acids is 1. The number of fused-ring (bicyclic) bond motifs is 2. The molecule has 0 radical (unpaired) electrons. The number of carbonyl (C=O) groups is 1. The van der Waals surface area contributed by atoms with Gasteiger partial charge in [-0.25, -0.2) is 9.48 Å². The summed E-state index contributed by atoms with van der Waals surface area (Å²) >= 11 is 0. The molecule has 3 aromatic rings. The first kappa shape index (κ1) is 16.6. The van der Waals surface area contributed by atoms with Gasteiger partial charge in [0.25, 0.3) is 0 Å². The van der Waals surface area contributed by atoms with E-state index in [9.17, 15) is 9.59 Å². The SMILES string of the molecule is Cn1nc2n(c1=O)CC(C(=O)NCCCn1ccc3ccccc31)CC2. The summed E-state index contributed by atoms with van der Waals surface area (Å²) in [6, 6.07) is 10.4. The number of hydrogen-bond acceptors (Lipinski definition) is 3. The second kappa shape index (κ2) is 6.82. The van der Waals surface area contributed by atoms with Crippen LogP contribution in [-0.4, -0.2) is 31.4 Å². The highest BCUT2D eigenvalue weighted by Gasteiger charge is 2.27. The lowest BCUT2D eigenvalue weighted by atomic mass is 9.98. The molecule has 4 rings (SSSR count). The van der Waals surface area contributed by atoms with Crippen LogP contribution >= 0.6 is 0 Å². The van der Waals surface area contributed by atoms with Crippen molar-refractivity contribution in [2.75, 3.05) is 6.54 Å². The number of nitrogens with one attached hydrogen (secondary N) is 1. The molecule has 0 saturated heterocycles. The third-order valence-corrected chi connectivity index (χ3v) is 5.13. The van der Waals surface area contributed by atoms with Crippen LogP contribution in [0.1, 0.15) is 18.7 Å². The van der Waals surface area contributed by atoms with Crippen molar-refractivity contribution < 1.29 is 4.79 Å². The van der Waals surface area contributed by atoms with Gasteiger partial charge >= 0.3 is 5.69 Å². The van der Waals surface area contributed by atoms with Crippen molar-refractivity contribution in [2.24, 2.45) is 13.0 Å². The number of hydrogen-bond donors (Lipinski definition) is 1. The molecular weight excluding hydrogens is 330 g/mol. The summed E-state index contributed by atoms with van der Waals surface area (Å²) in [7, 11) is 1.65. The summed E-state index contributed by atoms with van der Waals surface area (Å²) in [5, 5.41) is 8.46. The Morgan fingerprint density at radius 1 is 1.31 bits per heavy atom. The fourth-order valence-corrected chi connectivity index (χ4v) is 3.69. The highest BCUT2D eigenvalue weighted by atomic mass is 16.2. The van der Waals surface area contributed by atoms with Crippen LogP contribution in [0.3, 0.4) is 0 Å². The lowest BCUT2D eigenvalue weighted by Gasteiger charge is -2.21. The van der Waals surface area contributed by atoms with E-state index in [1.165, 1.54) is 15.6 Å². The van der Waals surface area contributed by atoms with E-state index >= 15 is 0 Å². The van der Waals surface area contributed by atoms with Crippen LogP contribution < -0.4 is 11.0 Å².